The third-order valence-corrected chi connectivity index (χ3v) is 9.48. The first-order valence-corrected chi connectivity index (χ1v) is 15.2. The van der Waals surface area contributed by atoms with Crippen LogP contribution in [0.2, 0.25) is 0 Å². The normalized spacial score (nSPS) is 14.4. The Balaban J connectivity index is 1.25. The monoisotopic (exact) mass is 554 g/mol. The van der Waals surface area contributed by atoms with E-state index in [1.54, 1.807) is 0 Å². The lowest BCUT2D eigenvalue weighted by Gasteiger charge is -2.40. The predicted octanol–water partition coefficient (Wildman–Crippen LogP) is 8.63. The molecule has 0 aromatic heterocycles. The summed E-state index contributed by atoms with van der Waals surface area (Å²) in [5.41, 5.74) is 22.6. The molecule has 0 radical (unpaired) electrons. The van der Waals surface area contributed by atoms with Gasteiger partial charge in [0.25, 0.3) is 0 Å². The summed E-state index contributed by atoms with van der Waals surface area (Å²) in [5.74, 6) is 0. The van der Waals surface area contributed by atoms with Crippen molar-refractivity contribution in [1.82, 2.24) is 10.9 Å². The average molecular weight is 555 g/mol. The van der Waals surface area contributed by atoms with Gasteiger partial charge < -0.3 is 0 Å². The molecule has 6 aromatic carbocycles. The van der Waals surface area contributed by atoms with E-state index in [0.29, 0.717) is 0 Å². The Labute approximate surface area is 254 Å². The van der Waals surface area contributed by atoms with Crippen molar-refractivity contribution >= 4 is 0 Å². The van der Waals surface area contributed by atoms with E-state index in [0.717, 1.165) is 12.8 Å². The first-order chi connectivity index (χ1) is 21.3. The molecule has 0 bridgehead atoms. The van der Waals surface area contributed by atoms with E-state index in [4.69, 9.17) is 0 Å². The van der Waals surface area contributed by atoms with Crippen LogP contribution in [0, 0.1) is 0 Å². The number of hydrogen-bond acceptors (Lipinski definition) is 2. The maximum atomic E-state index is 3.45. The van der Waals surface area contributed by atoms with Gasteiger partial charge in [-0.3, -0.25) is 10.9 Å². The Hall–Kier alpha value is -4.76. The fourth-order valence-electron chi connectivity index (χ4n) is 7.72. The second-order valence-corrected chi connectivity index (χ2v) is 11.8. The van der Waals surface area contributed by atoms with E-state index in [-0.39, 0.29) is 11.5 Å². The maximum Gasteiger partial charge on any atom is 0.0719 e. The zero-order chi connectivity index (χ0) is 28.8. The molecule has 1 unspecified atom stereocenters. The second kappa shape index (κ2) is 10.5. The van der Waals surface area contributed by atoms with Crippen molar-refractivity contribution in [3.8, 4) is 22.3 Å². The number of benzene rings is 6. The quantitative estimate of drug-likeness (QED) is 0.201. The van der Waals surface area contributed by atoms with E-state index in [1.165, 1.54) is 66.8 Å². The largest absolute Gasteiger partial charge is 0.260 e. The SMILES string of the molecule is CNNC(Cc1cccc(-c2ccc3c(c2)Cc2ccccc2C32c3ccccc3-c3ccccc32)c1)c1ccccc1. The molecule has 0 heterocycles. The van der Waals surface area contributed by atoms with Gasteiger partial charge in [0.05, 0.1) is 11.5 Å². The van der Waals surface area contributed by atoms with Crippen molar-refractivity contribution in [1.29, 1.82) is 0 Å². The van der Waals surface area contributed by atoms with Crippen LogP contribution in [0.3, 0.4) is 0 Å². The summed E-state index contributed by atoms with van der Waals surface area (Å²) in [6, 6.07) is 54.3. The molecule has 43 heavy (non-hydrogen) atoms. The molecule has 1 atom stereocenters. The molecule has 0 saturated heterocycles. The predicted molar refractivity (Wildman–Crippen MR) is 177 cm³/mol. The minimum atomic E-state index is -0.306. The van der Waals surface area contributed by atoms with Crippen LogP contribution < -0.4 is 10.9 Å². The third-order valence-electron chi connectivity index (χ3n) is 9.48. The summed E-state index contributed by atoms with van der Waals surface area (Å²) in [7, 11) is 1.94. The fraction of sp³-hybridized carbons (Fsp3) is 0.122. The summed E-state index contributed by atoms with van der Waals surface area (Å²) in [6.07, 6.45) is 1.83. The zero-order valence-electron chi connectivity index (χ0n) is 24.3. The second-order valence-electron chi connectivity index (χ2n) is 11.8. The molecule has 2 aliphatic rings. The molecular formula is C41H34N2. The Kier molecular flexibility index (Phi) is 6.33. The van der Waals surface area contributed by atoms with Crippen LogP contribution in [0.25, 0.3) is 22.3 Å². The first-order valence-electron chi connectivity index (χ1n) is 15.2. The lowest BCUT2D eigenvalue weighted by atomic mass is 9.61. The Bertz CT molecular complexity index is 1910. The fourth-order valence-corrected chi connectivity index (χ4v) is 7.72. The molecular weight excluding hydrogens is 520 g/mol. The van der Waals surface area contributed by atoms with E-state index >= 15 is 0 Å². The maximum absolute atomic E-state index is 3.45. The van der Waals surface area contributed by atoms with Crippen molar-refractivity contribution in [3.63, 3.8) is 0 Å². The summed E-state index contributed by atoms with van der Waals surface area (Å²) in [4.78, 5) is 0. The van der Waals surface area contributed by atoms with Crippen LogP contribution in [0.4, 0.5) is 0 Å². The highest BCUT2D eigenvalue weighted by atomic mass is 15.3. The van der Waals surface area contributed by atoms with E-state index in [2.05, 4.69) is 156 Å². The van der Waals surface area contributed by atoms with Crippen LogP contribution in [0.5, 0.6) is 0 Å². The van der Waals surface area contributed by atoms with Crippen LogP contribution in [-0.2, 0) is 18.3 Å². The van der Waals surface area contributed by atoms with Crippen molar-refractivity contribution < 1.29 is 0 Å². The van der Waals surface area contributed by atoms with Crippen LogP contribution in [0.15, 0.2) is 146 Å². The van der Waals surface area contributed by atoms with Gasteiger partial charge in [-0.25, -0.2) is 0 Å². The minimum Gasteiger partial charge on any atom is -0.260 e. The molecule has 2 heteroatoms. The van der Waals surface area contributed by atoms with Crippen LogP contribution in [-0.4, -0.2) is 7.05 Å². The Morgan fingerprint density at radius 3 is 1.93 bits per heavy atom. The number of rotatable bonds is 6. The molecule has 1 spiro atoms. The van der Waals surface area contributed by atoms with Gasteiger partial charge in [0.2, 0.25) is 0 Å². The zero-order valence-corrected chi connectivity index (χ0v) is 24.3. The Morgan fingerprint density at radius 1 is 0.558 bits per heavy atom. The highest BCUT2D eigenvalue weighted by Crippen LogP contribution is 2.59. The molecule has 0 saturated carbocycles. The number of hydrogen-bond donors (Lipinski definition) is 2. The topological polar surface area (TPSA) is 24.1 Å². The van der Waals surface area contributed by atoms with Crippen molar-refractivity contribution in [2.45, 2.75) is 24.3 Å². The number of nitrogens with one attached hydrogen (secondary N) is 2. The van der Waals surface area contributed by atoms with Gasteiger partial charge in [-0.15, -0.1) is 0 Å². The summed E-state index contributed by atoms with van der Waals surface area (Å²) in [5, 5.41) is 0. The molecule has 0 aliphatic heterocycles. The van der Waals surface area contributed by atoms with Crippen LogP contribution >= 0.6 is 0 Å². The molecule has 2 nitrogen and oxygen atoms in total. The van der Waals surface area contributed by atoms with Crippen LogP contribution in [0.1, 0.15) is 50.5 Å². The Morgan fingerprint density at radius 2 is 1.19 bits per heavy atom. The van der Waals surface area contributed by atoms with Gasteiger partial charge in [-0.2, -0.15) is 0 Å². The van der Waals surface area contributed by atoms with E-state index in [1.807, 2.05) is 7.05 Å². The minimum absolute atomic E-state index is 0.184. The van der Waals surface area contributed by atoms with E-state index < -0.39 is 0 Å². The molecule has 0 amide bonds. The van der Waals surface area contributed by atoms with Gasteiger partial charge in [0.15, 0.2) is 0 Å². The van der Waals surface area contributed by atoms with Gasteiger partial charge >= 0.3 is 0 Å². The third kappa shape index (κ3) is 4.10. The lowest BCUT2D eigenvalue weighted by molar-refractivity contribution is 0.472. The molecule has 2 aliphatic carbocycles. The molecule has 6 aromatic rings. The van der Waals surface area contributed by atoms with Crippen molar-refractivity contribution in [3.05, 3.63) is 190 Å². The molecule has 8 rings (SSSR count). The summed E-state index contributed by atoms with van der Waals surface area (Å²) >= 11 is 0. The molecule has 208 valence electrons. The number of hydrazine groups is 1. The summed E-state index contributed by atoms with van der Waals surface area (Å²) < 4.78 is 0. The highest BCUT2D eigenvalue weighted by molar-refractivity contribution is 5.88. The smallest absolute Gasteiger partial charge is 0.0719 e. The lowest BCUT2D eigenvalue weighted by Crippen LogP contribution is -2.34. The average Bonchev–Trinajstić information content (AvgIpc) is 3.36. The first kappa shape index (κ1) is 25.9. The van der Waals surface area contributed by atoms with Gasteiger partial charge in [-0.1, -0.05) is 146 Å². The van der Waals surface area contributed by atoms with Gasteiger partial charge in [0.1, 0.15) is 0 Å². The standard InChI is InChI=1S/C41H34N2/c1-42-43-40(29-13-3-2-4-14-29)25-28-12-11-16-30(24-28)31-22-23-37-33(26-31)27-32-15-5-8-19-36(32)41(37)38-20-9-6-17-34(38)35-18-7-10-21-39(35)41/h2-24,26,40,42-43H,25,27H2,1H3. The van der Waals surface area contributed by atoms with Gasteiger partial charge in [-0.05, 0) is 86.7 Å². The van der Waals surface area contributed by atoms with Crippen molar-refractivity contribution in [2.75, 3.05) is 7.05 Å². The highest BCUT2D eigenvalue weighted by Gasteiger charge is 2.49. The van der Waals surface area contributed by atoms with E-state index in [9.17, 15) is 0 Å². The summed E-state index contributed by atoms with van der Waals surface area (Å²) in [6.45, 7) is 0. The molecule has 0 fully saturated rings. The van der Waals surface area contributed by atoms with Crippen molar-refractivity contribution in [2.24, 2.45) is 0 Å². The number of fused-ring (bicyclic) bond motifs is 9. The van der Waals surface area contributed by atoms with Gasteiger partial charge in [0, 0.05) is 0 Å². The molecule has 2 N–H and O–H groups in total.